The Morgan fingerprint density at radius 1 is 1.03 bits per heavy atom. The van der Waals surface area contributed by atoms with Gasteiger partial charge in [-0.15, -0.1) is 0 Å². The van der Waals surface area contributed by atoms with Crippen LogP contribution < -0.4 is 4.74 Å². The van der Waals surface area contributed by atoms with Crippen molar-refractivity contribution in [2.45, 2.75) is 51.1 Å². The summed E-state index contributed by atoms with van der Waals surface area (Å²) in [5, 5.41) is 11.3. The lowest BCUT2D eigenvalue weighted by Crippen LogP contribution is -2.40. The average molecular weight is 405 g/mol. The van der Waals surface area contributed by atoms with Crippen molar-refractivity contribution in [3.63, 3.8) is 0 Å². The Bertz CT molecular complexity index is 989. The number of ketones is 1. The highest BCUT2D eigenvalue weighted by Crippen LogP contribution is 2.44. The molecule has 0 bridgehead atoms. The average Bonchev–Trinajstić information content (AvgIpc) is 3.05. The highest BCUT2D eigenvalue weighted by atomic mass is 16.5. The van der Waals surface area contributed by atoms with E-state index in [0.717, 1.165) is 43.2 Å². The van der Waals surface area contributed by atoms with Gasteiger partial charge in [-0.05, 0) is 37.5 Å². The number of carbonyl (C=O) groups excluding carboxylic acids is 2. The zero-order valence-corrected chi connectivity index (χ0v) is 17.4. The number of amides is 1. The normalized spacial score (nSPS) is 21.8. The van der Waals surface area contributed by atoms with Crippen molar-refractivity contribution in [3.05, 3.63) is 70.8 Å². The van der Waals surface area contributed by atoms with Crippen LogP contribution >= 0.6 is 0 Å². The minimum atomic E-state index is -0.629. The van der Waals surface area contributed by atoms with Crippen molar-refractivity contribution in [2.75, 3.05) is 7.11 Å². The number of methoxy groups -OCH3 is 1. The zero-order chi connectivity index (χ0) is 21.3. The molecule has 1 aliphatic heterocycles. The van der Waals surface area contributed by atoms with Crippen molar-refractivity contribution >= 4 is 17.4 Å². The Balaban J connectivity index is 1.91. The number of rotatable bonds is 4. The number of aliphatic hydroxyl groups is 1. The molecule has 1 heterocycles. The molecule has 1 saturated carbocycles. The molecule has 1 unspecified atom stereocenters. The summed E-state index contributed by atoms with van der Waals surface area (Å²) in [5.74, 6) is -0.866. The van der Waals surface area contributed by atoms with E-state index < -0.39 is 17.7 Å². The number of hydrogen-bond donors (Lipinski definition) is 1. The second-order valence-electron chi connectivity index (χ2n) is 8.11. The first kappa shape index (κ1) is 20.2. The number of likely N-dealkylation sites (tertiary alicyclic amines) is 1. The molecule has 156 valence electrons. The van der Waals surface area contributed by atoms with Crippen molar-refractivity contribution in [3.8, 4) is 5.75 Å². The quantitative estimate of drug-likeness (QED) is 0.453. The maximum atomic E-state index is 13.2. The molecule has 2 fully saturated rings. The minimum absolute atomic E-state index is 0.00473. The van der Waals surface area contributed by atoms with Crippen LogP contribution in [0.4, 0.5) is 0 Å². The van der Waals surface area contributed by atoms with E-state index in [9.17, 15) is 14.7 Å². The molecule has 2 aliphatic rings. The third-order valence-electron chi connectivity index (χ3n) is 6.17. The van der Waals surface area contributed by atoms with Gasteiger partial charge in [-0.25, -0.2) is 0 Å². The van der Waals surface area contributed by atoms with Gasteiger partial charge in [0.25, 0.3) is 11.7 Å². The molecular formula is C25H27NO4. The number of ether oxygens (including phenoxy) is 1. The van der Waals surface area contributed by atoms with Gasteiger partial charge in [0.1, 0.15) is 11.5 Å². The maximum Gasteiger partial charge on any atom is 0.295 e. The second-order valence-corrected chi connectivity index (χ2v) is 8.11. The van der Waals surface area contributed by atoms with Gasteiger partial charge in [-0.3, -0.25) is 9.59 Å². The SMILES string of the molecule is COc1ccc(C)cc1/C(O)=C1\C(=O)C(=O)N(C2CCCCC2)C1c1ccccc1. The Kier molecular flexibility index (Phi) is 5.62. The Morgan fingerprint density at radius 2 is 1.73 bits per heavy atom. The number of aryl methyl sites for hydroxylation is 1. The van der Waals surface area contributed by atoms with E-state index in [1.165, 1.54) is 7.11 Å². The summed E-state index contributed by atoms with van der Waals surface area (Å²) in [6, 6.07) is 14.3. The molecule has 5 nitrogen and oxygen atoms in total. The predicted molar refractivity (Wildman–Crippen MR) is 115 cm³/mol. The smallest absolute Gasteiger partial charge is 0.295 e. The molecule has 1 amide bonds. The van der Waals surface area contributed by atoms with E-state index in [1.807, 2.05) is 43.3 Å². The van der Waals surface area contributed by atoms with E-state index in [0.29, 0.717) is 11.3 Å². The summed E-state index contributed by atoms with van der Waals surface area (Å²) in [4.78, 5) is 28.1. The molecule has 1 aliphatic carbocycles. The van der Waals surface area contributed by atoms with Gasteiger partial charge in [0.2, 0.25) is 0 Å². The number of hydrogen-bond acceptors (Lipinski definition) is 4. The Labute approximate surface area is 177 Å². The molecule has 1 atom stereocenters. The van der Waals surface area contributed by atoms with Crippen molar-refractivity contribution in [2.24, 2.45) is 0 Å². The first-order chi connectivity index (χ1) is 14.5. The lowest BCUT2D eigenvalue weighted by Gasteiger charge is -2.35. The Morgan fingerprint density at radius 3 is 2.40 bits per heavy atom. The fourth-order valence-corrected chi connectivity index (χ4v) is 4.70. The summed E-state index contributed by atoms with van der Waals surface area (Å²) in [7, 11) is 1.52. The topological polar surface area (TPSA) is 66.8 Å². The molecule has 5 heteroatoms. The zero-order valence-electron chi connectivity index (χ0n) is 17.4. The fourth-order valence-electron chi connectivity index (χ4n) is 4.70. The molecule has 0 radical (unpaired) electrons. The Hall–Kier alpha value is -3.08. The summed E-state index contributed by atoms with van der Waals surface area (Å²) in [6.07, 6.45) is 4.99. The van der Waals surface area contributed by atoms with E-state index in [2.05, 4.69) is 0 Å². The maximum absolute atomic E-state index is 13.2. The standard InChI is InChI=1S/C25H27NO4/c1-16-13-14-20(30-2)19(15-16)23(27)21-22(17-9-5-3-6-10-17)26(25(29)24(21)28)18-11-7-4-8-12-18/h3,5-6,9-10,13-15,18,22,27H,4,7-8,11-12H2,1-2H3/b23-21+. The second kappa shape index (κ2) is 8.34. The molecule has 1 N–H and O–H groups in total. The lowest BCUT2D eigenvalue weighted by molar-refractivity contribution is -0.141. The van der Waals surface area contributed by atoms with Gasteiger partial charge >= 0.3 is 0 Å². The molecule has 4 rings (SSSR count). The van der Waals surface area contributed by atoms with Crippen LogP contribution in [0.1, 0.15) is 54.8 Å². The van der Waals surface area contributed by atoms with E-state index in [1.54, 1.807) is 17.0 Å². The minimum Gasteiger partial charge on any atom is -0.507 e. The number of nitrogens with zero attached hydrogens (tertiary/aromatic N) is 1. The molecule has 2 aromatic rings. The number of benzene rings is 2. The molecule has 0 aromatic heterocycles. The van der Waals surface area contributed by atoms with Crippen LogP contribution in [-0.4, -0.2) is 34.8 Å². The van der Waals surface area contributed by atoms with Crippen LogP contribution in [-0.2, 0) is 9.59 Å². The fraction of sp³-hybridized carbons (Fsp3) is 0.360. The largest absolute Gasteiger partial charge is 0.507 e. The predicted octanol–water partition coefficient (Wildman–Crippen LogP) is 4.76. The molecule has 0 spiro atoms. The van der Waals surface area contributed by atoms with Crippen LogP contribution in [0.25, 0.3) is 5.76 Å². The van der Waals surface area contributed by atoms with Crippen LogP contribution in [0.15, 0.2) is 54.1 Å². The summed E-state index contributed by atoms with van der Waals surface area (Å²) in [5.41, 5.74) is 2.33. The van der Waals surface area contributed by atoms with Gasteiger partial charge in [0.05, 0.1) is 24.3 Å². The van der Waals surface area contributed by atoms with E-state index in [-0.39, 0.29) is 17.4 Å². The van der Waals surface area contributed by atoms with Crippen molar-refractivity contribution in [1.29, 1.82) is 0 Å². The van der Waals surface area contributed by atoms with Gasteiger partial charge in [0, 0.05) is 6.04 Å². The highest BCUT2D eigenvalue weighted by molar-refractivity contribution is 6.46. The van der Waals surface area contributed by atoms with Crippen LogP contribution in [0.3, 0.4) is 0 Å². The molecule has 1 saturated heterocycles. The molecular weight excluding hydrogens is 378 g/mol. The summed E-state index contributed by atoms with van der Waals surface area (Å²) >= 11 is 0. The van der Waals surface area contributed by atoms with Gasteiger partial charge in [0.15, 0.2) is 0 Å². The van der Waals surface area contributed by atoms with Crippen molar-refractivity contribution in [1.82, 2.24) is 4.90 Å². The van der Waals surface area contributed by atoms with Crippen LogP contribution in [0, 0.1) is 6.92 Å². The van der Waals surface area contributed by atoms with Crippen LogP contribution in [0.5, 0.6) is 5.75 Å². The molecule has 2 aromatic carbocycles. The third kappa shape index (κ3) is 3.49. The number of carbonyl (C=O) groups is 2. The van der Waals surface area contributed by atoms with Crippen LogP contribution in [0.2, 0.25) is 0 Å². The summed E-state index contributed by atoms with van der Waals surface area (Å²) in [6.45, 7) is 1.91. The summed E-state index contributed by atoms with van der Waals surface area (Å²) < 4.78 is 5.42. The van der Waals surface area contributed by atoms with E-state index >= 15 is 0 Å². The monoisotopic (exact) mass is 405 g/mol. The number of aliphatic hydroxyl groups excluding tert-OH is 1. The molecule has 30 heavy (non-hydrogen) atoms. The van der Waals surface area contributed by atoms with E-state index in [4.69, 9.17) is 4.74 Å². The van der Waals surface area contributed by atoms with Gasteiger partial charge < -0.3 is 14.7 Å². The lowest BCUT2D eigenvalue weighted by atomic mass is 9.90. The van der Waals surface area contributed by atoms with Gasteiger partial charge in [-0.1, -0.05) is 61.2 Å². The highest BCUT2D eigenvalue weighted by Gasteiger charge is 2.49. The number of Topliss-reactive ketones (excluding diaryl/α,β-unsaturated/α-hetero) is 1. The first-order valence-corrected chi connectivity index (χ1v) is 10.5. The van der Waals surface area contributed by atoms with Gasteiger partial charge in [-0.2, -0.15) is 0 Å². The first-order valence-electron chi connectivity index (χ1n) is 10.5. The third-order valence-corrected chi connectivity index (χ3v) is 6.17. The van der Waals surface area contributed by atoms with Crippen molar-refractivity contribution < 1.29 is 19.4 Å².